The van der Waals surface area contributed by atoms with Crippen LogP contribution in [0.1, 0.15) is 55.2 Å². The number of hydrogen-bond acceptors (Lipinski definition) is 0. The summed E-state index contributed by atoms with van der Waals surface area (Å²) in [6, 6.07) is 7.04. The third-order valence-corrected chi connectivity index (χ3v) is 3.44. The molecule has 1 aromatic carbocycles. The normalized spacial score (nSPS) is 17.2. The molecule has 0 nitrogen and oxygen atoms in total. The molecule has 1 saturated carbocycles. The zero-order valence-corrected chi connectivity index (χ0v) is 11.1. The van der Waals surface area contributed by atoms with Crippen molar-refractivity contribution < 1.29 is 0 Å². The van der Waals surface area contributed by atoms with E-state index in [0.29, 0.717) is 5.92 Å². The molecular formula is C17H23. The third-order valence-electron chi connectivity index (χ3n) is 3.44. The van der Waals surface area contributed by atoms with E-state index in [1.54, 1.807) is 0 Å². The van der Waals surface area contributed by atoms with Gasteiger partial charge >= 0.3 is 0 Å². The Labute approximate surface area is 106 Å². The van der Waals surface area contributed by atoms with Crippen molar-refractivity contribution in [2.75, 3.05) is 0 Å². The van der Waals surface area contributed by atoms with Gasteiger partial charge in [-0.2, -0.15) is 0 Å². The average molecular weight is 227 g/mol. The standard InChI is InChI=1S/C17H23/c1-5-13(4)16-9-14(8-12(2)3)10-17(11-16)15-6-7-15/h5,9-13,15H,1,4,6-8H2,2-3H3. The van der Waals surface area contributed by atoms with E-state index < -0.39 is 0 Å². The Morgan fingerprint density at radius 1 is 1.29 bits per heavy atom. The molecule has 0 spiro atoms. The van der Waals surface area contributed by atoms with Crippen LogP contribution in [0.4, 0.5) is 0 Å². The molecule has 0 aromatic heterocycles. The summed E-state index contributed by atoms with van der Waals surface area (Å²) in [4.78, 5) is 0. The highest BCUT2D eigenvalue weighted by atomic mass is 14.3. The Kier molecular flexibility index (Phi) is 3.71. The highest BCUT2D eigenvalue weighted by Gasteiger charge is 2.24. The van der Waals surface area contributed by atoms with Crippen LogP contribution in [-0.2, 0) is 6.42 Å². The monoisotopic (exact) mass is 227 g/mol. The number of benzene rings is 1. The van der Waals surface area contributed by atoms with Gasteiger partial charge < -0.3 is 0 Å². The predicted molar refractivity (Wildman–Crippen MR) is 75.3 cm³/mol. The van der Waals surface area contributed by atoms with Crippen LogP contribution in [0, 0.1) is 12.8 Å². The summed E-state index contributed by atoms with van der Waals surface area (Å²) in [5, 5.41) is 0. The van der Waals surface area contributed by atoms with Gasteiger partial charge in [0.2, 0.25) is 0 Å². The van der Waals surface area contributed by atoms with E-state index in [1.165, 1.54) is 29.5 Å². The highest BCUT2D eigenvalue weighted by Crippen LogP contribution is 2.41. The zero-order valence-electron chi connectivity index (χ0n) is 11.1. The van der Waals surface area contributed by atoms with Crippen molar-refractivity contribution in [1.82, 2.24) is 0 Å². The molecule has 1 aromatic rings. The lowest BCUT2D eigenvalue weighted by molar-refractivity contribution is 0.646. The number of rotatable bonds is 5. The third kappa shape index (κ3) is 3.21. The average Bonchev–Trinajstić information content (AvgIpc) is 3.10. The summed E-state index contributed by atoms with van der Waals surface area (Å²) in [7, 11) is 0. The quantitative estimate of drug-likeness (QED) is 0.630. The Hall–Kier alpha value is -1.04. The van der Waals surface area contributed by atoms with Crippen molar-refractivity contribution in [3.63, 3.8) is 0 Å². The van der Waals surface area contributed by atoms with Gasteiger partial charge in [0.1, 0.15) is 0 Å². The van der Waals surface area contributed by atoms with Gasteiger partial charge in [0, 0.05) is 5.92 Å². The van der Waals surface area contributed by atoms with Gasteiger partial charge in [-0.1, -0.05) is 38.1 Å². The molecule has 1 radical (unpaired) electrons. The highest BCUT2D eigenvalue weighted by molar-refractivity contribution is 5.38. The summed E-state index contributed by atoms with van der Waals surface area (Å²) in [6.45, 7) is 12.6. The molecule has 0 saturated heterocycles. The van der Waals surface area contributed by atoms with Gasteiger partial charge in [-0.3, -0.25) is 0 Å². The van der Waals surface area contributed by atoms with E-state index in [-0.39, 0.29) is 5.92 Å². The first-order valence-corrected chi connectivity index (χ1v) is 6.69. The van der Waals surface area contributed by atoms with E-state index in [1.807, 2.05) is 6.08 Å². The molecule has 91 valence electrons. The molecule has 1 atom stereocenters. The van der Waals surface area contributed by atoms with Gasteiger partial charge in [-0.15, -0.1) is 6.58 Å². The van der Waals surface area contributed by atoms with E-state index in [4.69, 9.17) is 0 Å². The molecule has 2 rings (SSSR count). The van der Waals surface area contributed by atoms with Crippen molar-refractivity contribution in [2.45, 2.75) is 44.9 Å². The zero-order chi connectivity index (χ0) is 12.4. The second-order valence-corrected chi connectivity index (χ2v) is 5.72. The molecule has 1 fully saturated rings. The van der Waals surface area contributed by atoms with Crippen molar-refractivity contribution >= 4 is 0 Å². The van der Waals surface area contributed by atoms with Crippen LogP contribution >= 0.6 is 0 Å². The Morgan fingerprint density at radius 2 is 2.00 bits per heavy atom. The molecule has 0 heteroatoms. The predicted octanol–water partition coefficient (Wildman–Crippen LogP) is 4.87. The maximum atomic E-state index is 4.15. The molecule has 1 aliphatic carbocycles. The van der Waals surface area contributed by atoms with Crippen molar-refractivity contribution in [3.05, 3.63) is 54.5 Å². The van der Waals surface area contributed by atoms with Crippen LogP contribution in [0.3, 0.4) is 0 Å². The molecule has 0 N–H and O–H groups in total. The van der Waals surface area contributed by atoms with Crippen LogP contribution in [0.5, 0.6) is 0 Å². The Morgan fingerprint density at radius 3 is 2.53 bits per heavy atom. The van der Waals surface area contributed by atoms with Crippen LogP contribution in [-0.4, -0.2) is 0 Å². The van der Waals surface area contributed by atoms with E-state index in [2.05, 4.69) is 45.5 Å². The maximum absolute atomic E-state index is 4.15. The first-order valence-electron chi connectivity index (χ1n) is 6.69. The Bertz CT molecular complexity index is 396. The molecule has 1 aliphatic rings. The van der Waals surface area contributed by atoms with E-state index in [0.717, 1.165) is 12.3 Å². The minimum Gasteiger partial charge on any atom is -0.102 e. The second-order valence-electron chi connectivity index (χ2n) is 5.72. The van der Waals surface area contributed by atoms with Gasteiger partial charge in [0.15, 0.2) is 0 Å². The smallest absolute Gasteiger partial charge is 0.00158 e. The van der Waals surface area contributed by atoms with Crippen molar-refractivity contribution in [1.29, 1.82) is 0 Å². The van der Waals surface area contributed by atoms with Gasteiger partial charge in [-0.25, -0.2) is 0 Å². The Balaban J connectivity index is 2.31. The van der Waals surface area contributed by atoms with Crippen molar-refractivity contribution in [3.8, 4) is 0 Å². The lowest BCUT2D eigenvalue weighted by atomic mass is 9.92. The molecule has 0 aliphatic heterocycles. The van der Waals surface area contributed by atoms with Crippen LogP contribution in [0.25, 0.3) is 0 Å². The van der Waals surface area contributed by atoms with E-state index in [9.17, 15) is 0 Å². The van der Waals surface area contributed by atoms with Crippen LogP contribution in [0.2, 0.25) is 0 Å². The maximum Gasteiger partial charge on any atom is 0.00158 e. The lowest BCUT2D eigenvalue weighted by Crippen LogP contribution is -1.99. The molecule has 0 amide bonds. The largest absolute Gasteiger partial charge is 0.102 e. The SMILES string of the molecule is [CH2]C(C=C)c1cc(CC(C)C)cc(C2CC2)c1. The summed E-state index contributed by atoms with van der Waals surface area (Å²) >= 11 is 0. The molecule has 0 bridgehead atoms. The van der Waals surface area contributed by atoms with Crippen LogP contribution in [0.15, 0.2) is 30.9 Å². The molecule has 17 heavy (non-hydrogen) atoms. The molecule has 1 unspecified atom stereocenters. The summed E-state index contributed by atoms with van der Waals surface area (Å²) in [6.07, 6.45) is 5.82. The van der Waals surface area contributed by atoms with Gasteiger partial charge in [0.25, 0.3) is 0 Å². The van der Waals surface area contributed by atoms with Gasteiger partial charge in [0.05, 0.1) is 0 Å². The fourth-order valence-corrected chi connectivity index (χ4v) is 2.34. The first-order chi connectivity index (χ1) is 8.10. The minimum atomic E-state index is 0.222. The second kappa shape index (κ2) is 5.08. The number of hydrogen-bond donors (Lipinski definition) is 0. The van der Waals surface area contributed by atoms with Crippen molar-refractivity contribution in [2.24, 2.45) is 5.92 Å². The van der Waals surface area contributed by atoms with Crippen LogP contribution < -0.4 is 0 Å². The first kappa shape index (κ1) is 12.4. The molecular weight excluding hydrogens is 204 g/mol. The topological polar surface area (TPSA) is 0 Å². The minimum absolute atomic E-state index is 0.222. The fraction of sp³-hybridized carbons (Fsp3) is 0.471. The number of allylic oxidation sites excluding steroid dienone is 1. The molecule has 0 heterocycles. The summed E-state index contributed by atoms with van der Waals surface area (Å²) in [5.41, 5.74) is 4.32. The lowest BCUT2D eigenvalue weighted by Gasteiger charge is -2.13. The van der Waals surface area contributed by atoms with E-state index >= 15 is 0 Å². The summed E-state index contributed by atoms with van der Waals surface area (Å²) in [5.74, 6) is 1.75. The summed E-state index contributed by atoms with van der Waals surface area (Å²) < 4.78 is 0. The van der Waals surface area contributed by atoms with Gasteiger partial charge in [-0.05, 0) is 54.7 Å². The fourth-order valence-electron chi connectivity index (χ4n) is 2.34.